The highest BCUT2D eigenvalue weighted by molar-refractivity contribution is 7.31. The first kappa shape index (κ1) is 43.8. The molecule has 24 heavy (non-hydrogen) atoms. The molecule has 1 aliphatic rings. The highest BCUT2D eigenvalue weighted by Crippen LogP contribution is 2.15. The van der Waals surface area contributed by atoms with E-state index < -0.39 is 33.0 Å². The number of hydrogen-bond donors (Lipinski definition) is 10. The van der Waals surface area contributed by atoms with Crippen LogP contribution in [-0.4, -0.2) is 39.1 Å². The van der Waals surface area contributed by atoms with E-state index in [0.717, 1.165) is 0 Å². The van der Waals surface area contributed by atoms with Gasteiger partial charge in [0.2, 0.25) is 0 Å². The van der Waals surface area contributed by atoms with Crippen LogP contribution in [0.3, 0.4) is 0 Å². The van der Waals surface area contributed by atoms with Gasteiger partial charge in [0.15, 0.2) is 0 Å². The Kier molecular flexibility index (Phi) is 79.2. The van der Waals surface area contributed by atoms with E-state index in [1.54, 1.807) is 0 Å². The fourth-order valence-corrected chi connectivity index (χ4v) is 0.250. The molecule has 0 spiro atoms. The van der Waals surface area contributed by atoms with Crippen molar-refractivity contribution in [1.82, 2.24) is 12.3 Å². The molecule has 1 rings (SSSR count). The van der Waals surface area contributed by atoms with Crippen LogP contribution in [0.25, 0.3) is 0 Å². The number of rotatable bonds is 0. The average molecular weight is 442 g/mol. The van der Waals surface area contributed by atoms with Gasteiger partial charge in [-0.25, -0.2) is 0 Å². The summed E-state index contributed by atoms with van der Waals surface area (Å²) in [5, 5.41) is 0. The Balaban J connectivity index is -0.0000000287. The predicted molar refractivity (Wildman–Crippen MR) is 87.9 cm³/mol. The molecule has 0 aliphatic heterocycles. The van der Waals surface area contributed by atoms with Gasteiger partial charge in [-0.15, -0.1) is 52.3 Å². The molecule has 0 aromatic carbocycles. The van der Waals surface area contributed by atoms with E-state index in [0.29, 0.717) is 0 Å². The van der Waals surface area contributed by atoms with Gasteiger partial charge in [-0.3, -0.25) is 0 Å². The molecule has 0 amide bonds. The first-order valence-corrected chi connectivity index (χ1v) is 9.49. The molecule has 0 atom stereocenters. The molecular formula is C6H26N2O12P4+4. The Hall–Kier alpha value is -0.260. The lowest BCUT2D eigenvalue weighted by Gasteiger charge is -2.05. The van der Waals surface area contributed by atoms with Crippen LogP contribution in [0.4, 0.5) is 0 Å². The van der Waals surface area contributed by atoms with Crippen LogP contribution in [0.1, 0.15) is 25.7 Å². The summed E-state index contributed by atoms with van der Waals surface area (Å²) in [6, 6.07) is 0. The quantitative estimate of drug-likeness (QED) is 0.186. The molecule has 0 unspecified atom stereocenters. The minimum Gasteiger partial charge on any atom is -0.344 e. The molecule has 1 saturated carbocycles. The van der Waals surface area contributed by atoms with Gasteiger partial charge in [-0.1, -0.05) is 25.7 Å². The standard InChI is InChI=1S/C4H8.C2H4.2H3N.4HO3P/c1-2-4-3-1;1-2;;;4*1-4(2)3/h1-4H2;1-2H2;2*1H3;4*(H-,1,2,3)/p+4. The van der Waals surface area contributed by atoms with Gasteiger partial charge in [-0.05, 0) is 0 Å². The zero-order chi connectivity index (χ0) is 19.1. The molecule has 0 radical (unpaired) electrons. The Morgan fingerprint density at radius 2 is 0.500 bits per heavy atom. The largest absolute Gasteiger partial charge is 0.692 e. The summed E-state index contributed by atoms with van der Waals surface area (Å²) in [5.41, 5.74) is 0. The lowest BCUT2D eigenvalue weighted by molar-refractivity contribution is 0.403. The van der Waals surface area contributed by atoms with E-state index in [4.69, 9.17) is 57.4 Å². The van der Waals surface area contributed by atoms with Gasteiger partial charge in [0.25, 0.3) is 0 Å². The Bertz CT molecular complexity index is 235. The lowest BCUT2D eigenvalue weighted by Crippen LogP contribution is -1.85. The molecule has 0 aromatic heterocycles. The maximum Gasteiger partial charge on any atom is 0.692 e. The fourth-order valence-electron chi connectivity index (χ4n) is 0.250. The van der Waals surface area contributed by atoms with Crippen LogP contribution in [0.15, 0.2) is 13.2 Å². The minimum absolute atomic E-state index is 0. The fraction of sp³-hybridized carbons (Fsp3) is 0.667. The van der Waals surface area contributed by atoms with Crippen LogP contribution < -0.4 is 12.3 Å². The number of hydrogen-bond acceptors (Lipinski definition) is 6. The van der Waals surface area contributed by atoms with E-state index >= 15 is 0 Å². The summed E-state index contributed by atoms with van der Waals surface area (Å²) in [6.45, 7) is 6.00. The predicted octanol–water partition coefficient (Wildman–Crippen LogP) is 1.20. The van der Waals surface area contributed by atoms with Gasteiger partial charge in [0, 0.05) is 18.3 Å². The topological polar surface area (TPSA) is 300 Å². The van der Waals surface area contributed by atoms with Gasteiger partial charge < -0.3 is 12.3 Å². The summed E-state index contributed by atoms with van der Waals surface area (Å²) in [5.74, 6) is 0. The molecule has 148 valence electrons. The molecular weight excluding hydrogens is 416 g/mol. The van der Waals surface area contributed by atoms with Crippen LogP contribution >= 0.6 is 33.0 Å². The first-order valence-electron chi connectivity index (χ1n) is 4.83. The highest BCUT2D eigenvalue weighted by Gasteiger charge is 1.95. The lowest BCUT2D eigenvalue weighted by atomic mass is 10.0. The summed E-state index contributed by atoms with van der Waals surface area (Å²) in [7, 11) is -11.5. The summed E-state index contributed by atoms with van der Waals surface area (Å²) in [6.07, 6.45) is 6.00. The minimum atomic E-state index is -2.87. The van der Waals surface area contributed by atoms with Gasteiger partial charge in [-0.2, -0.15) is 0 Å². The van der Waals surface area contributed by atoms with E-state index in [2.05, 4.69) is 13.2 Å². The second kappa shape index (κ2) is 43.4. The van der Waals surface area contributed by atoms with Crippen LogP contribution in [0.5, 0.6) is 0 Å². The summed E-state index contributed by atoms with van der Waals surface area (Å²) < 4.78 is 34.8. The van der Waals surface area contributed by atoms with E-state index in [-0.39, 0.29) is 12.3 Å². The molecule has 0 bridgehead atoms. The van der Waals surface area contributed by atoms with Crippen molar-refractivity contribution in [3.63, 3.8) is 0 Å². The Morgan fingerprint density at radius 1 is 0.458 bits per heavy atom. The van der Waals surface area contributed by atoms with Crippen LogP contribution in [0.2, 0.25) is 0 Å². The van der Waals surface area contributed by atoms with Crippen molar-refractivity contribution < 1.29 is 57.4 Å². The van der Waals surface area contributed by atoms with E-state index in [1.807, 2.05) is 0 Å². The normalized spacial score (nSPS) is 8.50. The monoisotopic (exact) mass is 442 g/mol. The summed E-state index contributed by atoms with van der Waals surface area (Å²) >= 11 is 0. The molecule has 1 fully saturated rings. The van der Waals surface area contributed by atoms with Crippen LogP contribution in [0, 0.1) is 0 Å². The molecule has 0 saturated heterocycles. The third-order valence-electron chi connectivity index (χ3n) is 1.000. The smallest absolute Gasteiger partial charge is 0.344 e. The Morgan fingerprint density at radius 3 is 0.500 bits per heavy atom. The van der Waals surface area contributed by atoms with Gasteiger partial charge >= 0.3 is 33.0 Å². The summed E-state index contributed by atoms with van der Waals surface area (Å²) in [4.78, 5) is 57.0. The molecule has 0 aromatic rings. The molecule has 14 N–H and O–H groups in total. The van der Waals surface area contributed by atoms with Gasteiger partial charge in [0.05, 0.1) is 0 Å². The second-order valence-electron chi connectivity index (χ2n) is 2.43. The first-order chi connectivity index (χ1) is 9.93. The van der Waals surface area contributed by atoms with Crippen molar-refractivity contribution in [3.8, 4) is 0 Å². The molecule has 1 aliphatic carbocycles. The molecule has 0 heterocycles. The van der Waals surface area contributed by atoms with Crippen molar-refractivity contribution in [3.05, 3.63) is 13.2 Å². The zero-order valence-corrected chi connectivity index (χ0v) is 16.2. The third kappa shape index (κ3) is 669. The zero-order valence-electron chi connectivity index (χ0n) is 12.7. The van der Waals surface area contributed by atoms with E-state index in [1.165, 1.54) is 25.7 Å². The Labute approximate surface area is 142 Å². The van der Waals surface area contributed by atoms with Crippen molar-refractivity contribution in [1.29, 1.82) is 0 Å². The van der Waals surface area contributed by atoms with Crippen molar-refractivity contribution in [2.75, 3.05) is 0 Å². The molecule has 14 nitrogen and oxygen atoms in total. The molecule has 18 heteroatoms. The third-order valence-corrected chi connectivity index (χ3v) is 1.000. The highest BCUT2D eigenvalue weighted by atomic mass is 31.1. The SMILES string of the molecule is C1CCC1.C=C.N.N.O=[P+](O)O.O=[P+](O)O.O=[P+](O)O.O=[P+](O)O. The van der Waals surface area contributed by atoms with Crippen molar-refractivity contribution in [2.24, 2.45) is 0 Å². The van der Waals surface area contributed by atoms with E-state index in [9.17, 15) is 0 Å². The van der Waals surface area contributed by atoms with Crippen molar-refractivity contribution >= 4 is 33.0 Å². The van der Waals surface area contributed by atoms with Gasteiger partial charge in [0.1, 0.15) is 0 Å². The maximum absolute atomic E-state index is 8.70. The average Bonchev–Trinajstić information content (AvgIpc) is 2.12. The van der Waals surface area contributed by atoms with Crippen LogP contribution in [-0.2, 0) is 18.3 Å². The maximum atomic E-state index is 8.70. The van der Waals surface area contributed by atoms with Crippen molar-refractivity contribution in [2.45, 2.75) is 25.7 Å². The second-order valence-corrected chi connectivity index (χ2v) is 4.45.